The van der Waals surface area contributed by atoms with Crippen molar-refractivity contribution in [2.45, 2.75) is 25.7 Å². The molecular weight excluding hydrogens is 487 g/mol. The van der Waals surface area contributed by atoms with E-state index in [0.29, 0.717) is 26.4 Å². The normalized spacial score (nSPS) is 31.2. The molecule has 2 bridgehead atoms. The van der Waals surface area contributed by atoms with Crippen LogP contribution in [0, 0.1) is 0 Å². The SMILES string of the molecule is C1=C\CCOP23=NP(c4ccccc4)(c4ccccc4)=NP(=N2)(OCC/1)OCC/C=C\CCO3. The van der Waals surface area contributed by atoms with Gasteiger partial charge in [0.2, 0.25) is 0 Å². The Morgan fingerprint density at radius 3 is 1.26 bits per heavy atom. The first kappa shape index (κ1) is 24.2. The average Bonchev–Trinajstić information content (AvgIpc) is 2.92. The Balaban J connectivity index is 1.83. The lowest BCUT2D eigenvalue weighted by Crippen LogP contribution is -2.17. The summed E-state index contributed by atoms with van der Waals surface area (Å²) in [5.74, 6) is 0. The molecule has 2 aromatic rings. The molecule has 0 atom stereocenters. The largest absolute Gasteiger partial charge is 0.345 e. The van der Waals surface area contributed by atoms with Gasteiger partial charge in [-0.3, -0.25) is 0 Å². The van der Waals surface area contributed by atoms with Crippen molar-refractivity contribution in [1.82, 2.24) is 0 Å². The fourth-order valence-electron chi connectivity index (χ4n) is 3.86. The molecule has 0 aliphatic carbocycles. The number of hydrogen-bond acceptors (Lipinski definition) is 7. The molecule has 0 N–H and O–H groups in total. The van der Waals surface area contributed by atoms with E-state index in [-0.39, 0.29) is 0 Å². The van der Waals surface area contributed by atoms with Crippen LogP contribution in [0.4, 0.5) is 0 Å². The summed E-state index contributed by atoms with van der Waals surface area (Å²) in [6, 6.07) is 20.5. The van der Waals surface area contributed by atoms with Crippen molar-refractivity contribution in [3.63, 3.8) is 0 Å². The zero-order chi connectivity index (χ0) is 23.2. The minimum Gasteiger partial charge on any atom is -0.306 e. The van der Waals surface area contributed by atoms with Crippen LogP contribution in [-0.2, 0) is 18.1 Å². The Kier molecular flexibility index (Phi) is 7.83. The first-order valence-corrected chi connectivity index (χ1v) is 16.4. The number of nitrogens with zero attached hydrogens (tertiary/aromatic N) is 3. The van der Waals surface area contributed by atoms with Crippen molar-refractivity contribution in [1.29, 1.82) is 0 Å². The van der Waals surface area contributed by atoms with Crippen molar-refractivity contribution in [3.05, 3.63) is 85.0 Å². The van der Waals surface area contributed by atoms with E-state index in [1.54, 1.807) is 0 Å². The van der Waals surface area contributed by atoms with Crippen molar-refractivity contribution in [2.75, 3.05) is 26.4 Å². The summed E-state index contributed by atoms with van der Waals surface area (Å²) in [5, 5.41) is 2.04. The van der Waals surface area contributed by atoms with Crippen LogP contribution in [0.15, 0.2) is 98.5 Å². The van der Waals surface area contributed by atoms with E-state index in [9.17, 15) is 0 Å². The van der Waals surface area contributed by atoms with Crippen LogP contribution in [0.3, 0.4) is 0 Å². The van der Waals surface area contributed by atoms with Gasteiger partial charge in [0.1, 0.15) is 7.21 Å². The molecule has 10 heteroatoms. The summed E-state index contributed by atoms with van der Waals surface area (Å²) in [6.07, 6.45) is 11.5. The predicted molar refractivity (Wildman–Crippen MR) is 141 cm³/mol. The van der Waals surface area contributed by atoms with Gasteiger partial charge in [-0.15, -0.1) is 4.52 Å². The van der Waals surface area contributed by atoms with Gasteiger partial charge in [0.25, 0.3) is 0 Å². The monoisotopic (exact) mass is 517 g/mol. The summed E-state index contributed by atoms with van der Waals surface area (Å²) < 4.78 is 41.8. The lowest BCUT2D eigenvalue weighted by molar-refractivity contribution is 0.237. The molecule has 3 aliphatic heterocycles. The van der Waals surface area contributed by atoms with E-state index in [4.69, 9.17) is 31.6 Å². The van der Waals surface area contributed by atoms with Crippen LogP contribution in [0.1, 0.15) is 25.7 Å². The fraction of sp³-hybridized carbons (Fsp3) is 0.333. The topological polar surface area (TPSA) is 74.0 Å². The molecule has 34 heavy (non-hydrogen) atoms. The molecule has 3 heterocycles. The smallest absolute Gasteiger partial charge is 0.306 e. The Bertz CT molecular complexity index is 1120. The third kappa shape index (κ3) is 5.32. The Labute approximate surface area is 201 Å². The molecule has 7 nitrogen and oxygen atoms in total. The molecule has 0 saturated heterocycles. The second-order valence-electron chi connectivity index (χ2n) is 7.95. The average molecular weight is 517 g/mol. The standard InChI is InChI=1S/C24H30N3O4P3/c1-2-12-20-29-34-26-32(23-15-7-5-8-16-23,24-17-9-6-10-18-24)25-33(27-34,28-19-11-1)30-21-13-3-4-14-22-31-34/h1-10,15-18H,11-14,19-22H2/b2-1-,4-3-. The van der Waals surface area contributed by atoms with Gasteiger partial charge in [-0.25, -0.2) is 0 Å². The summed E-state index contributed by atoms with van der Waals surface area (Å²) in [6.45, 7) is 1.88. The highest BCUT2D eigenvalue weighted by atomic mass is 31.3. The van der Waals surface area contributed by atoms with Crippen molar-refractivity contribution >= 4 is 33.1 Å². The van der Waals surface area contributed by atoms with Gasteiger partial charge in [0, 0.05) is 10.6 Å². The van der Waals surface area contributed by atoms with E-state index < -0.39 is 22.5 Å². The highest BCUT2D eigenvalue weighted by Gasteiger charge is 2.42. The lowest BCUT2D eigenvalue weighted by Gasteiger charge is -2.34. The summed E-state index contributed by atoms with van der Waals surface area (Å²) in [7, 11) is -8.92. The summed E-state index contributed by atoms with van der Waals surface area (Å²) >= 11 is 0. The molecule has 0 fully saturated rings. The van der Waals surface area contributed by atoms with Gasteiger partial charge in [-0.1, -0.05) is 85.0 Å². The summed E-state index contributed by atoms with van der Waals surface area (Å²) in [5.41, 5.74) is 0. The van der Waals surface area contributed by atoms with Gasteiger partial charge in [0.15, 0.2) is 0 Å². The van der Waals surface area contributed by atoms with Crippen LogP contribution in [0.5, 0.6) is 0 Å². The Hall–Kier alpha value is -1.55. The fourth-order valence-corrected chi connectivity index (χ4v) is 15.3. The van der Waals surface area contributed by atoms with Gasteiger partial charge >= 0.3 is 15.3 Å². The minimum atomic E-state index is -3.09. The zero-order valence-electron chi connectivity index (χ0n) is 19.1. The molecule has 5 rings (SSSR count). The second-order valence-corrected chi connectivity index (χ2v) is 15.3. The van der Waals surface area contributed by atoms with Crippen molar-refractivity contribution in [3.8, 4) is 0 Å². The van der Waals surface area contributed by atoms with E-state index in [0.717, 1.165) is 36.3 Å². The van der Waals surface area contributed by atoms with Crippen LogP contribution in [-0.4, -0.2) is 26.4 Å². The van der Waals surface area contributed by atoms with Gasteiger partial charge < -0.3 is 18.1 Å². The number of benzene rings is 2. The highest BCUT2D eigenvalue weighted by molar-refractivity contribution is 7.89. The third-order valence-electron chi connectivity index (χ3n) is 5.45. The second kappa shape index (κ2) is 11.0. The predicted octanol–water partition coefficient (Wildman–Crippen LogP) is 7.43. The van der Waals surface area contributed by atoms with E-state index in [1.165, 1.54) is 0 Å². The quantitative estimate of drug-likeness (QED) is 0.307. The van der Waals surface area contributed by atoms with E-state index in [2.05, 4.69) is 48.6 Å². The van der Waals surface area contributed by atoms with Crippen LogP contribution < -0.4 is 10.6 Å². The molecular formula is C24H30N3O4P3. The molecule has 3 aliphatic rings. The minimum absolute atomic E-state index is 0.469. The maximum atomic E-state index is 6.48. The van der Waals surface area contributed by atoms with Gasteiger partial charge in [-0.05, 0) is 25.7 Å². The Morgan fingerprint density at radius 1 is 0.471 bits per heavy atom. The molecule has 180 valence electrons. The Morgan fingerprint density at radius 2 is 0.853 bits per heavy atom. The van der Waals surface area contributed by atoms with Crippen LogP contribution >= 0.6 is 22.5 Å². The van der Waals surface area contributed by atoms with Crippen molar-refractivity contribution < 1.29 is 18.1 Å². The highest BCUT2D eigenvalue weighted by Crippen LogP contribution is 2.79. The molecule has 2 aromatic carbocycles. The van der Waals surface area contributed by atoms with Crippen LogP contribution in [0.2, 0.25) is 0 Å². The molecule has 0 aromatic heterocycles. The molecule has 0 unspecified atom stereocenters. The maximum absolute atomic E-state index is 6.48. The third-order valence-corrected chi connectivity index (χ3v) is 15.3. The molecule has 0 spiro atoms. The maximum Gasteiger partial charge on any atom is 0.345 e. The van der Waals surface area contributed by atoms with Crippen LogP contribution in [0.25, 0.3) is 0 Å². The number of hydrogen-bond donors (Lipinski definition) is 0. The molecule has 0 radical (unpaired) electrons. The van der Waals surface area contributed by atoms with Crippen molar-refractivity contribution in [2.24, 2.45) is 13.5 Å². The van der Waals surface area contributed by atoms with Gasteiger partial charge in [0.05, 0.1) is 26.4 Å². The molecule has 0 amide bonds. The van der Waals surface area contributed by atoms with E-state index >= 15 is 0 Å². The lowest BCUT2D eigenvalue weighted by atomic mass is 10.3. The molecule has 0 saturated carbocycles. The zero-order valence-corrected chi connectivity index (χ0v) is 21.7. The van der Waals surface area contributed by atoms with Gasteiger partial charge in [-0.2, -0.15) is 9.03 Å². The first-order chi connectivity index (χ1) is 16.7. The van der Waals surface area contributed by atoms with E-state index in [1.807, 2.05) is 36.4 Å². The first-order valence-electron chi connectivity index (χ1n) is 11.7. The number of rotatable bonds is 2. The summed E-state index contributed by atoms with van der Waals surface area (Å²) in [4.78, 5) is 0.